The molecule has 26 heavy (non-hydrogen) atoms. The van der Waals surface area contributed by atoms with Crippen molar-refractivity contribution in [2.45, 2.75) is 82.8 Å². The summed E-state index contributed by atoms with van der Waals surface area (Å²) in [6, 6.07) is 0. The van der Waals surface area contributed by atoms with Crippen LogP contribution in [0.1, 0.15) is 71.6 Å². The first kappa shape index (κ1) is 17.9. The summed E-state index contributed by atoms with van der Waals surface area (Å²) in [6.45, 7) is 6.50. The van der Waals surface area contributed by atoms with Gasteiger partial charge in [0.25, 0.3) is 0 Å². The smallest absolute Gasteiger partial charge is 0.0921 e. The zero-order chi connectivity index (χ0) is 18.2. The first-order valence-corrected chi connectivity index (χ1v) is 11.2. The Hall–Kier alpha value is -0.120. The lowest BCUT2D eigenvalue weighted by Crippen LogP contribution is -2.52. The molecule has 1 heterocycles. The molecule has 0 spiro atoms. The van der Waals surface area contributed by atoms with Gasteiger partial charge in [-0.15, -0.1) is 0 Å². The summed E-state index contributed by atoms with van der Waals surface area (Å²) in [5.41, 5.74) is 0.169. The molecule has 0 bridgehead atoms. The lowest BCUT2D eigenvalue weighted by molar-refractivity contribution is -0.126. The van der Waals surface area contributed by atoms with Crippen LogP contribution in [0, 0.1) is 40.9 Å². The van der Waals surface area contributed by atoms with Crippen molar-refractivity contribution in [1.82, 2.24) is 0 Å². The summed E-state index contributed by atoms with van der Waals surface area (Å²) in [7, 11) is 1.73. The van der Waals surface area contributed by atoms with E-state index in [9.17, 15) is 5.11 Å². The SMILES string of the molecule is COC[C@@]1(O)CC[C@H]2[C@@H](CC[C@@H]3[C@@H]2CC[C@]2(C)[C@@H](C4(C)CO4)CC[C@@H]32)C1. The average Bonchev–Trinajstić information content (AvgIpc) is 3.23. The first-order chi connectivity index (χ1) is 12.4. The van der Waals surface area contributed by atoms with Crippen molar-refractivity contribution in [2.24, 2.45) is 40.9 Å². The van der Waals surface area contributed by atoms with Crippen LogP contribution >= 0.6 is 0 Å². The van der Waals surface area contributed by atoms with Gasteiger partial charge in [-0.25, -0.2) is 0 Å². The van der Waals surface area contributed by atoms with Crippen LogP contribution in [0.2, 0.25) is 0 Å². The maximum Gasteiger partial charge on any atom is 0.0921 e. The van der Waals surface area contributed by atoms with E-state index in [4.69, 9.17) is 9.47 Å². The third-order valence-corrected chi connectivity index (χ3v) is 9.85. The molecule has 1 N–H and O–H groups in total. The highest BCUT2D eigenvalue weighted by Crippen LogP contribution is 2.67. The van der Waals surface area contributed by atoms with Crippen LogP contribution in [0.4, 0.5) is 0 Å². The highest BCUT2D eigenvalue weighted by atomic mass is 16.6. The van der Waals surface area contributed by atoms with Gasteiger partial charge >= 0.3 is 0 Å². The summed E-state index contributed by atoms with van der Waals surface area (Å²) < 4.78 is 11.3. The van der Waals surface area contributed by atoms with Crippen molar-refractivity contribution in [3.63, 3.8) is 0 Å². The molecule has 1 saturated heterocycles. The van der Waals surface area contributed by atoms with E-state index in [0.717, 1.165) is 55.0 Å². The first-order valence-electron chi connectivity index (χ1n) is 11.2. The number of hydrogen-bond donors (Lipinski definition) is 1. The molecule has 1 aliphatic heterocycles. The maximum absolute atomic E-state index is 10.9. The summed E-state index contributed by atoms with van der Waals surface area (Å²) in [4.78, 5) is 0. The molecule has 0 aromatic carbocycles. The molecule has 0 aromatic heterocycles. The highest BCUT2D eigenvalue weighted by Gasteiger charge is 2.63. The molecular weight excluding hydrogens is 324 g/mol. The van der Waals surface area contributed by atoms with Gasteiger partial charge in [0.2, 0.25) is 0 Å². The largest absolute Gasteiger partial charge is 0.387 e. The van der Waals surface area contributed by atoms with Crippen LogP contribution < -0.4 is 0 Å². The van der Waals surface area contributed by atoms with Crippen LogP contribution in [-0.2, 0) is 9.47 Å². The summed E-state index contributed by atoms with van der Waals surface area (Å²) in [5.74, 6) is 5.17. The van der Waals surface area contributed by atoms with Crippen LogP contribution in [0.3, 0.4) is 0 Å². The second-order valence-electron chi connectivity index (χ2n) is 11.1. The predicted octanol–water partition coefficient (Wildman–Crippen LogP) is 4.42. The zero-order valence-electron chi connectivity index (χ0n) is 17.0. The molecule has 1 unspecified atom stereocenters. The van der Waals surface area contributed by atoms with Gasteiger partial charge < -0.3 is 14.6 Å². The number of methoxy groups -OCH3 is 1. The van der Waals surface area contributed by atoms with Gasteiger partial charge in [0, 0.05) is 7.11 Å². The van der Waals surface area contributed by atoms with E-state index >= 15 is 0 Å². The molecule has 148 valence electrons. The Kier molecular flexibility index (Phi) is 4.10. The number of fused-ring (bicyclic) bond motifs is 5. The van der Waals surface area contributed by atoms with Crippen LogP contribution in [-0.4, -0.2) is 36.6 Å². The van der Waals surface area contributed by atoms with Crippen molar-refractivity contribution < 1.29 is 14.6 Å². The fourth-order valence-corrected chi connectivity index (χ4v) is 8.68. The van der Waals surface area contributed by atoms with Gasteiger partial charge in [0.15, 0.2) is 0 Å². The minimum absolute atomic E-state index is 0.203. The minimum Gasteiger partial charge on any atom is -0.387 e. The Morgan fingerprint density at radius 2 is 1.73 bits per heavy atom. The van der Waals surface area contributed by atoms with Gasteiger partial charge in [0.05, 0.1) is 24.4 Å². The number of hydrogen-bond acceptors (Lipinski definition) is 3. The summed E-state index contributed by atoms with van der Waals surface area (Å²) in [5, 5.41) is 10.9. The Labute approximate surface area is 159 Å². The Balaban J connectivity index is 1.33. The lowest BCUT2D eigenvalue weighted by Gasteiger charge is -2.57. The van der Waals surface area contributed by atoms with E-state index in [1.165, 1.54) is 44.9 Å². The molecule has 0 amide bonds. The summed E-state index contributed by atoms with van der Waals surface area (Å²) in [6.07, 6.45) is 11.5. The lowest BCUT2D eigenvalue weighted by atomic mass is 9.48. The minimum atomic E-state index is -0.553. The number of aliphatic hydroxyl groups is 1. The van der Waals surface area contributed by atoms with Crippen LogP contribution in [0.25, 0.3) is 0 Å². The van der Waals surface area contributed by atoms with E-state index < -0.39 is 5.60 Å². The van der Waals surface area contributed by atoms with Gasteiger partial charge in [-0.2, -0.15) is 0 Å². The number of epoxide rings is 1. The van der Waals surface area contributed by atoms with Crippen molar-refractivity contribution in [2.75, 3.05) is 20.3 Å². The zero-order valence-corrected chi connectivity index (χ0v) is 17.0. The average molecular weight is 363 g/mol. The topological polar surface area (TPSA) is 42.0 Å². The van der Waals surface area contributed by atoms with E-state index in [0.29, 0.717) is 12.0 Å². The Morgan fingerprint density at radius 3 is 2.46 bits per heavy atom. The molecule has 3 heteroatoms. The van der Waals surface area contributed by atoms with Crippen LogP contribution in [0.5, 0.6) is 0 Å². The molecular formula is C23H38O3. The molecule has 4 saturated carbocycles. The molecule has 5 rings (SSSR count). The molecule has 0 aromatic rings. The van der Waals surface area contributed by atoms with Crippen molar-refractivity contribution in [3.8, 4) is 0 Å². The van der Waals surface area contributed by atoms with Gasteiger partial charge in [-0.1, -0.05) is 6.92 Å². The number of rotatable bonds is 3. The molecule has 3 nitrogen and oxygen atoms in total. The predicted molar refractivity (Wildman–Crippen MR) is 102 cm³/mol. The Bertz CT molecular complexity index is 558. The van der Waals surface area contributed by atoms with Gasteiger partial charge in [-0.3, -0.25) is 0 Å². The second-order valence-corrected chi connectivity index (χ2v) is 11.1. The third kappa shape index (κ3) is 2.56. The second kappa shape index (κ2) is 5.94. The third-order valence-electron chi connectivity index (χ3n) is 9.85. The normalized spacial score (nSPS) is 58.6. The maximum atomic E-state index is 10.9. The van der Waals surface area contributed by atoms with E-state index in [2.05, 4.69) is 13.8 Å². The fraction of sp³-hybridized carbons (Fsp3) is 1.00. The highest BCUT2D eigenvalue weighted by molar-refractivity contribution is 5.12. The van der Waals surface area contributed by atoms with Crippen molar-refractivity contribution in [1.29, 1.82) is 0 Å². The fourth-order valence-electron chi connectivity index (χ4n) is 8.68. The van der Waals surface area contributed by atoms with Crippen molar-refractivity contribution in [3.05, 3.63) is 0 Å². The molecule has 5 fully saturated rings. The molecule has 9 atom stereocenters. The Morgan fingerprint density at radius 1 is 0.962 bits per heavy atom. The van der Waals surface area contributed by atoms with Crippen molar-refractivity contribution >= 4 is 0 Å². The van der Waals surface area contributed by atoms with E-state index in [-0.39, 0.29) is 5.60 Å². The molecule has 4 aliphatic carbocycles. The van der Waals surface area contributed by atoms with E-state index in [1.54, 1.807) is 7.11 Å². The van der Waals surface area contributed by atoms with E-state index in [1.807, 2.05) is 0 Å². The monoisotopic (exact) mass is 362 g/mol. The number of ether oxygens (including phenoxy) is 2. The summed E-state index contributed by atoms with van der Waals surface area (Å²) >= 11 is 0. The quantitative estimate of drug-likeness (QED) is 0.756. The molecule has 0 radical (unpaired) electrons. The van der Waals surface area contributed by atoms with Gasteiger partial charge in [-0.05, 0) is 106 Å². The van der Waals surface area contributed by atoms with Crippen LogP contribution in [0.15, 0.2) is 0 Å². The molecule has 5 aliphatic rings. The standard InChI is InChI=1S/C23H38O3/c1-21-10-8-17-16-9-11-23(24,14-25-3)12-15(16)4-5-18(17)19(21)6-7-20(21)22(2)13-26-22/h15-20,24H,4-14H2,1-3H3/t15-,16-,17+,18+,19-,20-,21-,22?,23+/m0/s1. The van der Waals surface area contributed by atoms with Gasteiger partial charge in [0.1, 0.15) is 0 Å².